The van der Waals surface area contributed by atoms with Crippen molar-refractivity contribution in [1.82, 2.24) is 14.9 Å². The van der Waals surface area contributed by atoms with Gasteiger partial charge in [0.25, 0.3) is 0 Å². The Hall–Kier alpha value is -3.06. The van der Waals surface area contributed by atoms with E-state index in [0.717, 1.165) is 39.7 Å². The summed E-state index contributed by atoms with van der Waals surface area (Å²) >= 11 is 18.9. The Morgan fingerprint density at radius 3 is 2.39 bits per heavy atom. The highest BCUT2D eigenvalue weighted by Gasteiger charge is 2.42. The number of rotatable bonds is 5. The number of halogens is 2. The Morgan fingerprint density at radius 1 is 0.972 bits per heavy atom. The maximum Gasteiger partial charge on any atom is 0.174 e. The second-order valence-corrected chi connectivity index (χ2v) is 10.3. The lowest BCUT2D eigenvalue weighted by Gasteiger charge is -2.28. The molecule has 1 fully saturated rings. The molecule has 3 heterocycles. The average molecular weight is 537 g/mol. The summed E-state index contributed by atoms with van der Waals surface area (Å²) in [5, 5.41) is 5.28. The molecular weight excluding hydrogens is 509 g/mol. The fourth-order valence-electron chi connectivity index (χ4n) is 4.98. The first kappa shape index (κ1) is 24.6. The molecule has 4 aromatic rings. The second-order valence-electron chi connectivity index (χ2n) is 9.14. The topological polar surface area (TPSA) is 36.3 Å². The summed E-state index contributed by atoms with van der Waals surface area (Å²) in [6.07, 6.45) is 1.82. The van der Waals surface area contributed by atoms with Crippen molar-refractivity contribution < 1.29 is 0 Å². The molecule has 2 atom stereocenters. The summed E-state index contributed by atoms with van der Waals surface area (Å²) in [5.74, 6) is 0. The van der Waals surface area contributed by atoms with Gasteiger partial charge in [0.05, 0.1) is 33.5 Å². The molecule has 8 heteroatoms. The summed E-state index contributed by atoms with van der Waals surface area (Å²) in [7, 11) is 4.07. The minimum Gasteiger partial charge on any atom is -0.378 e. The molecule has 2 aromatic heterocycles. The molecular formula is C28H27Cl2N5S. The van der Waals surface area contributed by atoms with Crippen LogP contribution in [0.15, 0.2) is 72.9 Å². The van der Waals surface area contributed by atoms with Gasteiger partial charge in [-0.15, -0.1) is 0 Å². The summed E-state index contributed by atoms with van der Waals surface area (Å²) in [5.41, 5.74) is 7.22. The van der Waals surface area contributed by atoms with E-state index in [0.29, 0.717) is 15.2 Å². The van der Waals surface area contributed by atoms with Crippen LogP contribution in [0.1, 0.15) is 34.7 Å². The molecule has 1 aliphatic heterocycles. The first-order valence-electron chi connectivity index (χ1n) is 11.7. The van der Waals surface area contributed by atoms with Crippen LogP contribution in [0.4, 0.5) is 11.4 Å². The molecule has 0 radical (unpaired) electrons. The first-order chi connectivity index (χ1) is 17.3. The van der Waals surface area contributed by atoms with E-state index in [1.54, 1.807) is 6.07 Å². The zero-order valence-electron chi connectivity index (χ0n) is 20.5. The van der Waals surface area contributed by atoms with Gasteiger partial charge in [-0.1, -0.05) is 35.3 Å². The van der Waals surface area contributed by atoms with Crippen LogP contribution in [-0.4, -0.2) is 28.8 Å². The third kappa shape index (κ3) is 4.23. The Labute approximate surface area is 227 Å². The number of nitrogens with one attached hydrogen (secondary N) is 1. The van der Waals surface area contributed by atoms with Crippen LogP contribution in [0.5, 0.6) is 0 Å². The average Bonchev–Trinajstić information content (AvgIpc) is 3.36. The fourth-order valence-corrected chi connectivity index (χ4v) is 5.71. The molecule has 0 amide bonds. The van der Waals surface area contributed by atoms with Gasteiger partial charge in [0.1, 0.15) is 0 Å². The van der Waals surface area contributed by atoms with Crippen LogP contribution in [0, 0.1) is 13.8 Å². The monoisotopic (exact) mass is 535 g/mol. The van der Waals surface area contributed by atoms with Crippen molar-refractivity contribution in [2.45, 2.75) is 25.9 Å². The smallest absolute Gasteiger partial charge is 0.174 e. The zero-order valence-corrected chi connectivity index (χ0v) is 22.9. The minimum atomic E-state index is -0.129. The quantitative estimate of drug-likeness (QED) is 0.277. The molecule has 5 nitrogen and oxygen atoms in total. The number of aryl methyl sites for hydroxylation is 1. The van der Waals surface area contributed by atoms with Crippen molar-refractivity contribution in [1.29, 1.82) is 0 Å². The van der Waals surface area contributed by atoms with Crippen molar-refractivity contribution in [2.75, 3.05) is 23.9 Å². The number of nitrogens with zero attached hydrogens (tertiary/aromatic N) is 4. The molecule has 2 aromatic carbocycles. The molecule has 0 spiro atoms. The predicted octanol–water partition coefficient (Wildman–Crippen LogP) is 7.04. The fraction of sp³-hybridized carbons (Fsp3) is 0.214. The molecule has 0 bridgehead atoms. The molecule has 0 aliphatic carbocycles. The molecule has 0 unspecified atom stereocenters. The lowest BCUT2D eigenvalue weighted by molar-refractivity contribution is 0.565. The summed E-state index contributed by atoms with van der Waals surface area (Å²) in [6, 6.07) is 22.1. The maximum atomic E-state index is 6.64. The van der Waals surface area contributed by atoms with E-state index in [4.69, 9.17) is 35.4 Å². The van der Waals surface area contributed by atoms with Crippen LogP contribution in [-0.2, 0) is 0 Å². The molecule has 184 valence electrons. The third-order valence-electron chi connectivity index (χ3n) is 6.70. The Kier molecular flexibility index (Phi) is 6.68. The van der Waals surface area contributed by atoms with Crippen LogP contribution >= 0.6 is 35.4 Å². The second kappa shape index (κ2) is 9.77. The summed E-state index contributed by atoms with van der Waals surface area (Å²) < 4.78 is 2.16. The van der Waals surface area contributed by atoms with E-state index < -0.39 is 0 Å². The standard InChI is InChI=1S/C28H27Cl2N5S/c1-17-16-21(18(2)34(17)24-10-7-8-22(29)25(24)30)27-26(23-9-5-6-15-31-23)32-28(36)35(27)20-13-11-19(12-14-20)33(3)4/h5-16,26-27H,1-4H3,(H,32,36)/t26-,27+/m0/s1. The molecule has 1 aliphatic rings. The van der Waals surface area contributed by atoms with E-state index in [-0.39, 0.29) is 12.1 Å². The van der Waals surface area contributed by atoms with Gasteiger partial charge in [0.2, 0.25) is 0 Å². The molecule has 5 rings (SSSR count). The van der Waals surface area contributed by atoms with E-state index in [1.807, 2.05) is 50.6 Å². The third-order valence-corrected chi connectivity index (χ3v) is 7.83. The number of anilines is 2. The minimum absolute atomic E-state index is 0.115. The molecule has 1 N–H and O–H groups in total. The Balaban J connectivity index is 1.68. The van der Waals surface area contributed by atoms with Gasteiger partial charge in [-0.2, -0.15) is 0 Å². The van der Waals surface area contributed by atoms with Gasteiger partial charge in [0, 0.05) is 43.1 Å². The molecule has 36 heavy (non-hydrogen) atoms. The van der Waals surface area contributed by atoms with E-state index in [2.05, 4.69) is 68.8 Å². The van der Waals surface area contributed by atoms with Crippen LogP contribution in [0.3, 0.4) is 0 Å². The number of benzene rings is 2. The highest BCUT2D eigenvalue weighted by molar-refractivity contribution is 7.80. The first-order valence-corrected chi connectivity index (χ1v) is 12.9. The Morgan fingerprint density at radius 2 is 1.72 bits per heavy atom. The maximum absolute atomic E-state index is 6.64. The van der Waals surface area contributed by atoms with Gasteiger partial charge in [0.15, 0.2) is 5.11 Å². The van der Waals surface area contributed by atoms with E-state index in [1.165, 1.54) is 0 Å². The number of thiocarbonyl (C=S) groups is 1. The van der Waals surface area contributed by atoms with Crippen LogP contribution in [0.25, 0.3) is 5.69 Å². The van der Waals surface area contributed by atoms with Gasteiger partial charge in [-0.05, 0) is 86.2 Å². The van der Waals surface area contributed by atoms with Crippen molar-refractivity contribution in [3.8, 4) is 5.69 Å². The molecule has 1 saturated heterocycles. The van der Waals surface area contributed by atoms with Crippen LogP contribution in [0.2, 0.25) is 10.0 Å². The van der Waals surface area contributed by atoms with Crippen molar-refractivity contribution in [2.24, 2.45) is 0 Å². The SMILES string of the molecule is Cc1cc([C@@H]2[C@H](c3ccccn3)NC(=S)N2c2ccc(N(C)C)cc2)c(C)n1-c1cccc(Cl)c1Cl. The summed E-state index contributed by atoms with van der Waals surface area (Å²) in [6.45, 7) is 4.20. The van der Waals surface area contributed by atoms with E-state index >= 15 is 0 Å². The summed E-state index contributed by atoms with van der Waals surface area (Å²) in [4.78, 5) is 8.96. The number of aromatic nitrogens is 2. The predicted molar refractivity (Wildman–Crippen MR) is 154 cm³/mol. The number of hydrogen-bond donors (Lipinski definition) is 1. The van der Waals surface area contributed by atoms with Gasteiger partial charge in [-0.3, -0.25) is 4.98 Å². The van der Waals surface area contributed by atoms with Crippen molar-refractivity contribution in [3.05, 3.63) is 106 Å². The van der Waals surface area contributed by atoms with Gasteiger partial charge >= 0.3 is 0 Å². The van der Waals surface area contributed by atoms with Gasteiger partial charge in [-0.25, -0.2) is 0 Å². The van der Waals surface area contributed by atoms with Crippen LogP contribution < -0.4 is 15.1 Å². The van der Waals surface area contributed by atoms with Crippen molar-refractivity contribution in [3.63, 3.8) is 0 Å². The zero-order chi connectivity index (χ0) is 25.6. The van der Waals surface area contributed by atoms with E-state index in [9.17, 15) is 0 Å². The lowest BCUT2D eigenvalue weighted by Crippen LogP contribution is -2.29. The highest BCUT2D eigenvalue weighted by atomic mass is 35.5. The Bertz CT molecular complexity index is 1420. The highest BCUT2D eigenvalue weighted by Crippen LogP contribution is 2.44. The lowest BCUT2D eigenvalue weighted by atomic mass is 9.96. The number of hydrogen-bond acceptors (Lipinski definition) is 3. The van der Waals surface area contributed by atoms with Crippen molar-refractivity contribution >= 4 is 51.9 Å². The number of pyridine rings is 1. The van der Waals surface area contributed by atoms with Gasteiger partial charge < -0.3 is 19.7 Å². The molecule has 0 saturated carbocycles. The normalized spacial score (nSPS) is 17.4. The largest absolute Gasteiger partial charge is 0.378 e.